The van der Waals surface area contributed by atoms with Gasteiger partial charge in [0, 0.05) is 18.1 Å². The second-order valence-corrected chi connectivity index (χ2v) is 6.99. The van der Waals surface area contributed by atoms with Gasteiger partial charge in [0.05, 0.1) is 18.7 Å². The number of ketones is 1. The monoisotopic (exact) mass is 420 g/mol. The molecule has 0 unspecified atom stereocenters. The number of amides is 1. The van der Waals surface area contributed by atoms with Crippen LogP contribution in [0.4, 0.5) is 0 Å². The summed E-state index contributed by atoms with van der Waals surface area (Å²) in [6.07, 6.45) is 2.78. The molecule has 1 aliphatic heterocycles. The largest absolute Gasteiger partial charge is 0.550 e. The van der Waals surface area contributed by atoms with Crippen molar-refractivity contribution in [2.75, 3.05) is 13.7 Å². The Morgan fingerprint density at radius 1 is 1.13 bits per heavy atom. The zero-order valence-electron chi connectivity index (χ0n) is 17.0. The molecule has 1 aliphatic rings. The molecule has 0 saturated carbocycles. The van der Waals surface area contributed by atoms with Crippen molar-refractivity contribution in [3.8, 4) is 5.75 Å². The van der Waals surface area contributed by atoms with Crippen molar-refractivity contribution in [3.63, 3.8) is 0 Å². The maximum Gasteiger partial charge on any atom is 0.290 e. The molecule has 7 nitrogen and oxygen atoms in total. The van der Waals surface area contributed by atoms with Crippen molar-refractivity contribution in [1.29, 1.82) is 0 Å². The average molecular weight is 420 g/mol. The molecule has 7 heteroatoms. The Kier molecular flexibility index (Phi) is 6.87. The summed E-state index contributed by atoms with van der Waals surface area (Å²) in [5, 5.41) is 21.4. The Hall–Kier alpha value is -3.87. The number of aliphatic hydroxyl groups excluding tert-OH is 1. The van der Waals surface area contributed by atoms with Crippen LogP contribution in [-0.4, -0.2) is 41.3 Å². The Bertz CT molecular complexity index is 1040. The molecule has 0 spiro atoms. The van der Waals surface area contributed by atoms with E-state index in [0.29, 0.717) is 11.3 Å². The summed E-state index contributed by atoms with van der Waals surface area (Å²) in [5.74, 6) is -2.69. The number of carbonyl (C=O) groups excluding carboxylic acids is 3. The van der Waals surface area contributed by atoms with Gasteiger partial charge in [0.15, 0.2) is 11.5 Å². The zero-order chi connectivity index (χ0) is 22.4. The van der Waals surface area contributed by atoms with Crippen LogP contribution in [0.2, 0.25) is 0 Å². The molecule has 0 radical (unpaired) electrons. The highest BCUT2D eigenvalue weighted by Crippen LogP contribution is 2.41. The van der Waals surface area contributed by atoms with Gasteiger partial charge in [0.25, 0.3) is 5.91 Å². The molecule has 1 N–H and O–H groups in total. The van der Waals surface area contributed by atoms with E-state index in [1.807, 2.05) is 30.3 Å². The number of methoxy groups -OCH3 is 1. The highest BCUT2D eigenvalue weighted by molar-refractivity contribution is 6.14. The smallest absolute Gasteiger partial charge is 0.290 e. The average Bonchev–Trinajstić information content (AvgIpc) is 3.03. The number of nitrogens with zero attached hydrogens (tertiary/aromatic N) is 1. The van der Waals surface area contributed by atoms with Crippen molar-refractivity contribution in [2.45, 2.75) is 18.9 Å². The SMILES string of the molecule is COc1ccccc1[C@@H]1C(C(=O)/C=C/c2ccccc2)=C(O)C(=O)N1CCCC(=O)[O-]. The van der Waals surface area contributed by atoms with E-state index in [9.17, 15) is 24.6 Å². The number of ether oxygens (including phenoxy) is 1. The van der Waals surface area contributed by atoms with E-state index < -0.39 is 29.5 Å². The Balaban J connectivity index is 1.99. The van der Waals surface area contributed by atoms with Gasteiger partial charge in [0.2, 0.25) is 0 Å². The number of benzene rings is 2. The first kappa shape index (κ1) is 21.8. The van der Waals surface area contributed by atoms with E-state index in [-0.39, 0.29) is 25.0 Å². The Morgan fingerprint density at radius 3 is 2.48 bits per heavy atom. The van der Waals surface area contributed by atoms with Crippen LogP contribution in [-0.2, 0) is 14.4 Å². The molecule has 31 heavy (non-hydrogen) atoms. The van der Waals surface area contributed by atoms with Crippen LogP contribution in [0, 0.1) is 0 Å². The Labute approximate surface area is 179 Å². The Morgan fingerprint density at radius 2 is 1.81 bits per heavy atom. The molecule has 0 saturated heterocycles. The highest BCUT2D eigenvalue weighted by atomic mass is 16.5. The molecular formula is C24H22NO6-. The van der Waals surface area contributed by atoms with Gasteiger partial charge in [-0.1, -0.05) is 54.6 Å². The highest BCUT2D eigenvalue weighted by Gasteiger charge is 2.43. The fraction of sp³-hybridized carbons (Fsp3) is 0.208. The van der Waals surface area contributed by atoms with Crippen LogP contribution < -0.4 is 9.84 Å². The van der Waals surface area contributed by atoms with E-state index in [0.717, 1.165) is 5.56 Å². The van der Waals surface area contributed by atoms with E-state index in [4.69, 9.17) is 4.74 Å². The third-order valence-electron chi connectivity index (χ3n) is 5.01. The van der Waals surface area contributed by atoms with Gasteiger partial charge in [0.1, 0.15) is 5.75 Å². The predicted molar refractivity (Wildman–Crippen MR) is 112 cm³/mol. The summed E-state index contributed by atoms with van der Waals surface area (Å²) in [7, 11) is 1.47. The van der Waals surface area contributed by atoms with Crippen LogP contribution in [0.5, 0.6) is 5.75 Å². The zero-order valence-corrected chi connectivity index (χ0v) is 17.0. The number of rotatable bonds is 9. The summed E-state index contributed by atoms with van der Waals surface area (Å²) in [4.78, 5) is 37.9. The van der Waals surface area contributed by atoms with Gasteiger partial charge in [-0.2, -0.15) is 0 Å². The number of hydrogen-bond donors (Lipinski definition) is 1. The van der Waals surface area contributed by atoms with Gasteiger partial charge in [-0.25, -0.2) is 0 Å². The topological polar surface area (TPSA) is 107 Å². The number of para-hydroxylation sites is 1. The quantitative estimate of drug-likeness (QED) is 0.624. The number of hydrogen-bond acceptors (Lipinski definition) is 6. The molecule has 0 aliphatic carbocycles. The van der Waals surface area contributed by atoms with Crippen LogP contribution in [0.1, 0.15) is 30.0 Å². The predicted octanol–water partition coefficient (Wildman–Crippen LogP) is 2.20. The van der Waals surface area contributed by atoms with Crippen molar-refractivity contribution < 1.29 is 29.3 Å². The number of aliphatic hydroxyl groups is 1. The van der Waals surface area contributed by atoms with E-state index in [1.54, 1.807) is 30.3 Å². The molecule has 1 heterocycles. The van der Waals surface area contributed by atoms with Crippen molar-refractivity contribution in [3.05, 3.63) is 83.1 Å². The summed E-state index contributed by atoms with van der Waals surface area (Å²) in [6, 6.07) is 15.1. The maximum atomic E-state index is 13.1. The lowest BCUT2D eigenvalue weighted by atomic mass is 9.94. The first-order valence-electron chi connectivity index (χ1n) is 9.78. The van der Waals surface area contributed by atoms with E-state index in [2.05, 4.69) is 0 Å². The van der Waals surface area contributed by atoms with Gasteiger partial charge >= 0.3 is 0 Å². The minimum absolute atomic E-state index is 0.0266. The summed E-state index contributed by atoms with van der Waals surface area (Å²) >= 11 is 0. The molecule has 2 aromatic carbocycles. The second-order valence-electron chi connectivity index (χ2n) is 6.99. The van der Waals surface area contributed by atoms with Crippen molar-refractivity contribution in [2.24, 2.45) is 0 Å². The number of carbonyl (C=O) groups is 3. The van der Waals surface area contributed by atoms with E-state index in [1.165, 1.54) is 18.1 Å². The molecule has 1 amide bonds. The fourth-order valence-electron chi connectivity index (χ4n) is 3.57. The van der Waals surface area contributed by atoms with E-state index >= 15 is 0 Å². The number of carboxylic acids is 1. The van der Waals surface area contributed by atoms with Crippen LogP contribution in [0.25, 0.3) is 6.08 Å². The molecule has 0 aromatic heterocycles. The minimum Gasteiger partial charge on any atom is -0.550 e. The summed E-state index contributed by atoms with van der Waals surface area (Å²) < 4.78 is 5.40. The maximum absolute atomic E-state index is 13.1. The summed E-state index contributed by atoms with van der Waals surface area (Å²) in [6.45, 7) is 0.0266. The van der Waals surface area contributed by atoms with Gasteiger partial charge < -0.3 is 24.6 Å². The van der Waals surface area contributed by atoms with Crippen LogP contribution >= 0.6 is 0 Å². The summed E-state index contributed by atoms with van der Waals surface area (Å²) in [5.41, 5.74) is 1.24. The molecule has 0 bridgehead atoms. The molecule has 2 aromatic rings. The van der Waals surface area contributed by atoms with Crippen LogP contribution in [0.3, 0.4) is 0 Å². The first-order valence-corrected chi connectivity index (χ1v) is 9.78. The first-order chi connectivity index (χ1) is 14.9. The lowest BCUT2D eigenvalue weighted by molar-refractivity contribution is -0.305. The third-order valence-corrected chi connectivity index (χ3v) is 5.01. The molecular weight excluding hydrogens is 398 g/mol. The third kappa shape index (κ3) is 4.83. The normalized spacial score (nSPS) is 16.2. The van der Waals surface area contributed by atoms with Crippen molar-refractivity contribution in [1.82, 2.24) is 4.90 Å². The van der Waals surface area contributed by atoms with Gasteiger partial charge in [-0.3, -0.25) is 9.59 Å². The molecule has 3 rings (SSSR count). The minimum atomic E-state index is -1.24. The van der Waals surface area contributed by atoms with Gasteiger partial charge in [-0.15, -0.1) is 0 Å². The molecule has 1 atom stereocenters. The lowest BCUT2D eigenvalue weighted by Gasteiger charge is -2.27. The molecule has 160 valence electrons. The van der Waals surface area contributed by atoms with Crippen molar-refractivity contribution >= 4 is 23.7 Å². The lowest BCUT2D eigenvalue weighted by Crippen LogP contribution is -2.33. The molecule has 0 fully saturated rings. The second kappa shape index (κ2) is 9.75. The number of carboxylic acid groups (broad SMARTS) is 1. The number of aliphatic carboxylic acids is 1. The standard InChI is InChI=1S/C24H23NO6/c1-31-19-11-6-5-10-17(19)22-21(18(26)14-13-16-8-3-2-4-9-16)23(29)24(30)25(22)15-7-12-20(27)28/h2-6,8-11,13-14,22,29H,7,12,15H2,1H3,(H,27,28)/p-1/b14-13+/t22-/m1/s1. The van der Waals surface area contributed by atoms with Gasteiger partial charge in [-0.05, 0) is 30.5 Å². The number of allylic oxidation sites excluding steroid dienone is 1. The van der Waals surface area contributed by atoms with Crippen LogP contribution in [0.15, 0.2) is 72.0 Å². The fourth-order valence-corrected chi connectivity index (χ4v) is 3.57.